The van der Waals surface area contributed by atoms with Gasteiger partial charge >= 0.3 is 11.9 Å². The topological polar surface area (TPSA) is 68.5 Å². The average molecular weight is 428 g/mol. The highest BCUT2D eigenvalue weighted by atomic mass is 16.5. The summed E-state index contributed by atoms with van der Waals surface area (Å²) in [5, 5.41) is 10.1. The molecule has 0 aliphatic rings. The lowest BCUT2D eigenvalue weighted by atomic mass is 9.98. The number of fused-ring (bicyclic) bond motifs is 1. The lowest BCUT2D eigenvalue weighted by molar-refractivity contribution is 0.0500. The molecule has 0 aliphatic heterocycles. The quantitative estimate of drug-likeness (QED) is 0.276. The summed E-state index contributed by atoms with van der Waals surface area (Å²) in [6.45, 7) is 3.16. The number of aromatic nitrogens is 1. The highest BCUT2D eigenvalue weighted by Crippen LogP contribution is 2.26. The Hall–Kier alpha value is -3.86. The number of hydrogen-bond donors (Lipinski definition) is 1. The summed E-state index contributed by atoms with van der Waals surface area (Å²) in [5.74, 6) is -1.22. The van der Waals surface area contributed by atoms with E-state index >= 15 is 0 Å². The SMILES string of the molecule is CCCCOC(=O)c1ccccc1-c1ccc(Cn2ccc3cc(C(=O)O)ccc32)cc1. The molecular formula is C27H25NO4. The lowest BCUT2D eigenvalue weighted by Gasteiger charge is -2.11. The standard InChI is InChI=1S/C27H25NO4/c1-2-3-16-32-27(31)24-7-5-4-6-23(24)20-10-8-19(9-11-20)18-28-15-14-21-17-22(26(29)30)12-13-25(21)28/h4-15,17H,2-3,16,18H2,1H3,(H,29,30). The number of benzene rings is 3. The summed E-state index contributed by atoms with van der Waals surface area (Å²) >= 11 is 0. The number of carboxylic acids is 1. The summed E-state index contributed by atoms with van der Waals surface area (Å²) in [6, 6.07) is 22.7. The highest BCUT2D eigenvalue weighted by Gasteiger charge is 2.14. The Morgan fingerprint density at radius 2 is 1.75 bits per heavy atom. The zero-order valence-electron chi connectivity index (χ0n) is 18.0. The number of aromatic carboxylic acids is 1. The molecule has 1 heterocycles. The molecule has 4 rings (SSSR count). The molecule has 0 saturated heterocycles. The minimum atomic E-state index is -0.926. The first-order valence-electron chi connectivity index (χ1n) is 10.7. The maximum Gasteiger partial charge on any atom is 0.338 e. The molecule has 0 radical (unpaired) electrons. The second-order valence-corrected chi connectivity index (χ2v) is 7.75. The van der Waals surface area contributed by atoms with E-state index in [1.807, 2.05) is 60.8 Å². The zero-order chi connectivity index (χ0) is 22.5. The van der Waals surface area contributed by atoms with Crippen molar-refractivity contribution in [2.75, 3.05) is 6.61 Å². The van der Waals surface area contributed by atoms with Crippen LogP contribution in [0, 0.1) is 0 Å². The molecule has 0 unspecified atom stereocenters. The average Bonchev–Trinajstić information content (AvgIpc) is 3.21. The molecule has 1 N–H and O–H groups in total. The fraction of sp³-hybridized carbons (Fsp3) is 0.185. The number of ether oxygens (including phenoxy) is 1. The number of esters is 1. The van der Waals surface area contributed by atoms with Gasteiger partial charge in [0.05, 0.1) is 17.7 Å². The van der Waals surface area contributed by atoms with E-state index in [1.165, 1.54) is 0 Å². The van der Waals surface area contributed by atoms with Crippen LogP contribution < -0.4 is 0 Å². The van der Waals surface area contributed by atoms with E-state index in [-0.39, 0.29) is 11.5 Å². The first kappa shape index (κ1) is 21.4. The molecule has 1 aromatic heterocycles. The largest absolute Gasteiger partial charge is 0.478 e. The van der Waals surface area contributed by atoms with Crippen LogP contribution in [-0.2, 0) is 11.3 Å². The van der Waals surface area contributed by atoms with Crippen molar-refractivity contribution >= 4 is 22.8 Å². The van der Waals surface area contributed by atoms with Gasteiger partial charge < -0.3 is 14.4 Å². The van der Waals surface area contributed by atoms with Gasteiger partial charge in [0.15, 0.2) is 0 Å². The molecule has 162 valence electrons. The maximum absolute atomic E-state index is 12.5. The van der Waals surface area contributed by atoms with Crippen LogP contribution in [0.25, 0.3) is 22.0 Å². The number of nitrogens with zero attached hydrogens (tertiary/aromatic N) is 1. The van der Waals surface area contributed by atoms with Gasteiger partial charge in [0, 0.05) is 23.6 Å². The third-order valence-electron chi connectivity index (χ3n) is 5.51. The van der Waals surface area contributed by atoms with Gasteiger partial charge in [-0.05, 0) is 53.4 Å². The van der Waals surface area contributed by atoms with Crippen molar-refractivity contribution in [2.24, 2.45) is 0 Å². The molecule has 4 aromatic rings. The van der Waals surface area contributed by atoms with Crippen molar-refractivity contribution in [2.45, 2.75) is 26.3 Å². The van der Waals surface area contributed by atoms with Gasteiger partial charge in [0.2, 0.25) is 0 Å². The predicted octanol–water partition coefficient (Wildman–Crippen LogP) is 6.01. The van der Waals surface area contributed by atoms with Crippen LogP contribution >= 0.6 is 0 Å². The molecule has 0 saturated carbocycles. The monoisotopic (exact) mass is 427 g/mol. The molecule has 5 heteroatoms. The van der Waals surface area contributed by atoms with Gasteiger partial charge in [-0.1, -0.05) is 55.8 Å². The summed E-state index contributed by atoms with van der Waals surface area (Å²) in [7, 11) is 0. The molecule has 0 amide bonds. The summed E-state index contributed by atoms with van der Waals surface area (Å²) in [4.78, 5) is 23.7. The molecule has 0 fully saturated rings. The fourth-order valence-electron chi connectivity index (χ4n) is 3.76. The summed E-state index contributed by atoms with van der Waals surface area (Å²) in [5.41, 5.74) is 4.76. The van der Waals surface area contributed by atoms with Gasteiger partial charge in [-0.2, -0.15) is 0 Å². The fourth-order valence-corrected chi connectivity index (χ4v) is 3.76. The predicted molar refractivity (Wildman–Crippen MR) is 125 cm³/mol. The number of unbranched alkanes of at least 4 members (excludes halogenated alkanes) is 1. The van der Waals surface area contributed by atoms with Crippen LogP contribution in [0.1, 0.15) is 46.0 Å². The van der Waals surface area contributed by atoms with Crippen LogP contribution in [0.4, 0.5) is 0 Å². The molecular weight excluding hydrogens is 402 g/mol. The van der Waals surface area contributed by atoms with E-state index in [2.05, 4.69) is 11.5 Å². The number of carbonyl (C=O) groups excluding carboxylic acids is 1. The van der Waals surface area contributed by atoms with Crippen molar-refractivity contribution < 1.29 is 19.4 Å². The zero-order valence-corrected chi connectivity index (χ0v) is 18.0. The van der Waals surface area contributed by atoms with E-state index < -0.39 is 5.97 Å². The lowest BCUT2D eigenvalue weighted by Crippen LogP contribution is -2.08. The highest BCUT2D eigenvalue weighted by molar-refractivity contribution is 5.97. The smallest absolute Gasteiger partial charge is 0.338 e. The molecule has 5 nitrogen and oxygen atoms in total. The van der Waals surface area contributed by atoms with Gasteiger partial charge in [-0.15, -0.1) is 0 Å². The molecule has 0 spiro atoms. The van der Waals surface area contributed by atoms with E-state index in [0.29, 0.717) is 18.7 Å². The third-order valence-corrected chi connectivity index (χ3v) is 5.51. The van der Waals surface area contributed by atoms with Gasteiger partial charge in [-0.25, -0.2) is 9.59 Å². The maximum atomic E-state index is 12.5. The van der Waals surface area contributed by atoms with E-state index in [1.54, 1.807) is 18.2 Å². The number of rotatable bonds is 8. The van der Waals surface area contributed by atoms with Crippen LogP contribution in [0.15, 0.2) is 79.0 Å². The Balaban J connectivity index is 1.54. The van der Waals surface area contributed by atoms with E-state index in [0.717, 1.165) is 40.4 Å². The van der Waals surface area contributed by atoms with Crippen molar-refractivity contribution in [3.8, 4) is 11.1 Å². The second-order valence-electron chi connectivity index (χ2n) is 7.75. The van der Waals surface area contributed by atoms with E-state index in [9.17, 15) is 14.7 Å². The number of carboxylic acid groups (broad SMARTS) is 1. The minimum absolute atomic E-state index is 0.284. The Bertz CT molecular complexity index is 1250. The van der Waals surface area contributed by atoms with Crippen LogP contribution in [0.3, 0.4) is 0 Å². The van der Waals surface area contributed by atoms with Gasteiger partial charge in [0.1, 0.15) is 0 Å². The molecule has 0 atom stereocenters. The Labute approximate surface area is 186 Å². The van der Waals surface area contributed by atoms with Crippen molar-refractivity contribution in [3.05, 3.63) is 95.7 Å². The minimum Gasteiger partial charge on any atom is -0.478 e. The Morgan fingerprint density at radius 3 is 2.50 bits per heavy atom. The molecule has 0 aliphatic carbocycles. The summed E-state index contributed by atoms with van der Waals surface area (Å²) in [6.07, 6.45) is 3.80. The van der Waals surface area contributed by atoms with Crippen molar-refractivity contribution in [3.63, 3.8) is 0 Å². The Morgan fingerprint density at radius 1 is 0.969 bits per heavy atom. The van der Waals surface area contributed by atoms with Gasteiger partial charge in [-0.3, -0.25) is 0 Å². The number of carbonyl (C=O) groups is 2. The van der Waals surface area contributed by atoms with Crippen LogP contribution in [0.2, 0.25) is 0 Å². The van der Waals surface area contributed by atoms with Crippen molar-refractivity contribution in [1.82, 2.24) is 4.57 Å². The van der Waals surface area contributed by atoms with Crippen LogP contribution in [0.5, 0.6) is 0 Å². The normalized spacial score (nSPS) is 10.9. The van der Waals surface area contributed by atoms with Crippen molar-refractivity contribution in [1.29, 1.82) is 0 Å². The molecule has 0 bridgehead atoms. The first-order chi connectivity index (χ1) is 15.6. The van der Waals surface area contributed by atoms with Gasteiger partial charge in [0.25, 0.3) is 0 Å². The first-order valence-corrected chi connectivity index (χ1v) is 10.7. The van der Waals surface area contributed by atoms with Crippen LogP contribution in [-0.4, -0.2) is 28.2 Å². The molecule has 3 aromatic carbocycles. The second kappa shape index (κ2) is 9.52. The summed E-state index contributed by atoms with van der Waals surface area (Å²) < 4.78 is 7.50. The third kappa shape index (κ3) is 4.57. The van der Waals surface area contributed by atoms with E-state index in [4.69, 9.17) is 4.74 Å². The number of hydrogen-bond acceptors (Lipinski definition) is 3. The molecule has 32 heavy (non-hydrogen) atoms. The Kier molecular flexibility index (Phi) is 6.36.